The summed E-state index contributed by atoms with van der Waals surface area (Å²) in [5, 5.41) is 6.33. The fourth-order valence-corrected chi connectivity index (χ4v) is 4.39. The SMILES string of the molecule is COc1ccc(NS(=O)(=O)c2cc(OC)ccc2NC(=S)Nc2ccc(C)c(C)c2)cc1. The summed E-state index contributed by atoms with van der Waals surface area (Å²) < 4.78 is 39.2. The molecule has 0 fully saturated rings. The monoisotopic (exact) mass is 471 g/mol. The molecule has 0 atom stereocenters. The molecule has 0 bridgehead atoms. The Morgan fingerprint density at radius 1 is 0.781 bits per heavy atom. The number of ether oxygens (including phenoxy) is 2. The van der Waals surface area contributed by atoms with E-state index in [1.165, 1.54) is 18.7 Å². The van der Waals surface area contributed by atoms with Crippen LogP contribution < -0.4 is 24.8 Å². The molecule has 0 amide bonds. The highest BCUT2D eigenvalue weighted by Gasteiger charge is 2.21. The summed E-state index contributed by atoms with van der Waals surface area (Å²) in [6, 6.07) is 17.2. The third-order valence-corrected chi connectivity index (χ3v) is 6.46. The third-order valence-electron chi connectivity index (χ3n) is 4.83. The van der Waals surface area contributed by atoms with E-state index in [9.17, 15) is 8.42 Å². The predicted molar refractivity (Wildman–Crippen MR) is 133 cm³/mol. The van der Waals surface area contributed by atoms with E-state index in [4.69, 9.17) is 21.7 Å². The second-order valence-electron chi connectivity index (χ2n) is 7.07. The number of benzene rings is 3. The molecule has 0 saturated carbocycles. The van der Waals surface area contributed by atoms with E-state index in [1.807, 2.05) is 32.0 Å². The first-order chi connectivity index (χ1) is 15.2. The van der Waals surface area contributed by atoms with Crippen molar-refractivity contribution in [2.75, 3.05) is 29.6 Å². The van der Waals surface area contributed by atoms with E-state index >= 15 is 0 Å². The lowest BCUT2D eigenvalue weighted by molar-refractivity contribution is 0.413. The van der Waals surface area contributed by atoms with Crippen molar-refractivity contribution < 1.29 is 17.9 Å². The maximum absolute atomic E-state index is 13.2. The fourth-order valence-electron chi connectivity index (χ4n) is 2.93. The van der Waals surface area contributed by atoms with Crippen LogP contribution in [0.4, 0.5) is 17.1 Å². The lowest BCUT2D eigenvalue weighted by Crippen LogP contribution is -2.22. The molecule has 0 saturated heterocycles. The van der Waals surface area contributed by atoms with Gasteiger partial charge in [0.05, 0.1) is 19.9 Å². The minimum absolute atomic E-state index is 0.00287. The molecule has 32 heavy (non-hydrogen) atoms. The Morgan fingerprint density at radius 3 is 2.03 bits per heavy atom. The van der Waals surface area contributed by atoms with Gasteiger partial charge in [-0.25, -0.2) is 8.42 Å². The van der Waals surface area contributed by atoms with E-state index in [-0.39, 0.29) is 10.0 Å². The Labute approximate surface area is 193 Å². The fraction of sp³-hybridized carbons (Fsp3) is 0.174. The van der Waals surface area contributed by atoms with Crippen molar-refractivity contribution in [1.29, 1.82) is 0 Å². The zero-order valence-electron chi connectivity index (χ0n) is 18.2. The maximum Gasteiger partial charge on any atom is 0.264 e. The summed E-state index contributed by atoms with van der Waals surface area (Å²) in [6.45, 7) is 4.04. The van der Waals surface area contributed by atoms with Crippen LogP contribution in [0, 0.1) is 13.8 Å². The molecule has 3 rings (SSSR count). The quantitative estimate of drug-likeness (QED) is 0.421. The highest BCUT2D eigenvalue weighted by atomic mass is 32.2. The molecule has 7 nitrogen and oxygen atoms in total. The maximum atomic E-state index is 13.2. The van der Waals surface area contributed by atoms with Gasteiger partial charge in [0.1, 0.15) is 16.4 Å². The first-order valence-electron chi connectivity index (χ1n) is 9.72. The highest BCUT2D eigenvalue weighted by Crippen LogP contribution is 2.29. The van der Waals surface area contributed by atoms with Crippen LogP contribution in [-0.2, 0) is 10.0 Å². The number of anilines is 3. The van der Waals surface area contributed by atoms with Gasteiger partial charge in [-0.1, -0.05) is 6.07 Å². The van der Waals surface area contributed by atoms with Crippen LogP contribution in [-0.4, -0.2) is 27.7 Å². The molecule has 0 spiro atoms. The van der Waals surface area contributed by atoms with Crippen molar-refractivity contribution in [3.63, 3.8) is 0 Å². The largest absolute Gasteiger partial charge is 0.497 e. The van der Waals surface area contributed by atoms with Crippen LogP contribution in [0.3, 0.4) is 0 Å². The van der Waals surface area contributed by atoms with Crippen molar-refractivity contribution in [2.24, 2.45) is 0 Å². The Hall–Kier alpha value is -3.30. The lowest BCUT2D eigenvalue weighted by Gasteiger charge is -2.17. The summed E-state index contributed by atoms with van der Waals surface area (Å²) in [6.07, 6.45) is 0. The van der Waals surface area contributed by atoms with Gasteiger partial charge >= 0.3 is 0 Å². The molecule has 0 aliphatic rings. The number of nitrogens with one attached hydrogen (secondary N) is 3. The molecule has 3 N–H and O–H groups in total. The van der Waals surface area contributed by atoms with E-state index in [2.05, 4.69) is 15.4 Å². The number of hydrogen-bond donors (Lipinski definition) is 3. The molecule has 9 heteroatoms. The summed E-state index contributed by atoms with van der Waals surface area (Å²) in [5.74, 6) is 1.03. The van der Waals surface area contributed by atoms with Gasteiger partial charge in [0.15, 0.2) is 5.11 Å². The molecule has 0 radical (unpaired) electrons. The Balaban J connectivity index is 1.86. The first kappa shape index (κ1) is 23.4. The molecular weight excluding hydrogens is 446 g/mol. The zero-order chi connectivity index (χ0) is 23.3. The Bertz CT molecular complexity index is 1230. The number of rotatable bonds is 7. The Kier molecular flexibility index (Phi) is 7.22. The van der Waals surface area contributed by atoms with Crippen molar-refractivity contribution in [1.82, 2.24) is 0 Å². The molecule has 0 aliphatic carbocycles. The molecule has 0 heterocycles. The average molecular weight is 472 g/mol. The van der Waals surface area contributed by atoms with E-state index in [0.717, 1.165) is 11.3 Å². The summed E-state index contributed by atoms with van der Waals surface area (Å²) >= 11 is 5.41. The summed E-state index contributed by atoms with van der Waals surface area (Å²) in [4.78, 5) is -0.00287. The first-order valence-corrected chi connectivity index (χ1v) is 11.6. The topological polar surface area (TPSA) is 88.7 Å². The zero-order valence-corrected chi connectivity index (χ0v) is 19.9. The molecule has 168 valence electrons. The van der Waals surface area contributed by atoms with Crippen molar-refractivity contribution in [3.8, 4) is 11.5 Å². The minimum Gasteiger partial charge on any atom is -0.497 e. The van der Waals surface area contributed by atoms with E-state index < -0.39 is 10.0 Å². The number of thiocarbonyl (C=S) groups is 1. The molecule has 0 aliphatic heterocycles. The number of hydrogen-bond acceptors (Lipinski definition) is 5. The normalized spacial score (nSPS) is 10.9. The molecule has 0 aromatic heterocycles. The van der Waals surface area contributed by atoms with Crippen LogP contribution in [0.1, 0.15) is 11.1 Å². The Morgan fingerprint density at radius 2 is 1.41 bits per heavy atom. The second kappa shape index (κ2) is 9.88. The molecular formula is C23H25N3O4S2. The van der Waals surface area contributed by atoms with E-state index in [1.54, 1.807) is 43.5 Å². The average Bonchev–Trinajstić information content (AvgIpc) is 2.76. The van der Waals surface area contributed by atoms with Gasteiger partial charge in [-0.3, -0.25) is 4.72 Å². The summed E-state index contributed by atoms with van der Waals surface area (Å²) in [7, 11) is -0.930. The minimum atomic E-state index is -3.95. The van der Waals surface area contributed by atoms with Gasteiger partial charge in [0, 0.05) is 17.4 Å². The summed E-state index contributed by atoms with van der Waals surface area (Å²) in [5.41, 5.74) is 3.81. The van der Waals surface area contributed by atoms with Crippen LogP contribution in [0.25, 0.3) is 0 Å². The number of sulfonamides is 1. The van der Waals surface area contributed by atoms with Crippen LogP contribution in [0.2, 0.25) is 0 Å². The van der Waals surface area contributed by atoms with Gasteiger partial charge in [-0.05, 0) is 85.7 Å². The number of methoxy groups -OCH3 is 2. The lowest BCUT2D eigenvalue weighted by atomic mass is 10.1. The van der Waals surface area contributed by atoms with Crippen LogP contribution in [0.5, 0.6) is 11.5 Å². The van der Waals surface area contributed by atoms with Crippen molar-refractivity contribution >= 4 is 44.4 Å². The van der Waals surface area contributed by atoms with Crippen LogP contribution >= 0.6 is 12.2 Å². The van der Waals surface area contributed by atoms with Gasteiger partial charge < -0.3 is 20.1 Å². The van der Waals surface area contributed by atoms with Crippen molar-refractivity contribution in [3.05, 3.63) is 71.8 Å². The van der Waals surface area contributed by atoms with Gasteiger partial charge in [-0.15, -0.1) is 0 Å². The standard InChI is InChI=1S/C23H25N3O4S2/c1-15-5-6-18(13-16(15)2)24-23(31)25-21-12-11-20(30-4)14-22(21)32(27,28)26-17-7-9-19(29-3)10-8-17/h5-14,26H,1-4H3,(H2,24,25,31). The van der Waals surface area contributed by atoms with Gasteiger partial charge in [-0.2, -0.15) is 0 Å². The van der Waals surface area contributed by atoms with Crippen LogP contribution in [0.15, 0.2) is 65.6 Å². The third kappa shape index (κ3) is 5.68. The molecule has 0 unspecified atom stereocenters. The molecule has 3 aromatic carbocycles. The second-order valence-corrected chi connectivity index (χ2v) is 9.13. The molecule has 3 aromatic rings. The van der Waals surface area contributed by atoms with E-state index in [0.29, 0.717) is 22.9 Å². The highest BCUT2D eigenvalue weighted by molar-refractivity contribution is 7.93. The van der Waals surface area contributed by atoms with Gasteiger partial charge in [0.25, 0.3) is 10.0 Å². The smallest absolute Gasteiger partial charge is 0.264 e. The van der Waals surface area contributed by atoms with Crippen molar-refractivity contribution in [2.45, 2.75) is 18.7 Å². The number of aryl methyl sites for hydroxylation is 2. The van der Waals surface area contributed by atoms with Gasteiger partial charge in [0.2, 0.25) is 0 Å². The predicted octanol–water partition coefficient (Wildman–Crippen LogP) is 4.93.